The van der Waals surface area contributed by atoms with Crippen LogP contribution < -0.4 is 0 Å². The first-order valence-electron chi connectivity index (χ1n) is 13.7. The number of imidazole rings is 1. The molecule has 0 fully saturated rings. The largest absolute Gasteiger partial charge is 0.507 e. The average Bonchev–Trinajstić information content (AvgIpc) is 3.42. The number of hydrogen-bond acceptors (Lipinski definition) is 3. The lowest BCUT2D eigenvalue weighted by molar-refractivity contribution is 0.477. The fourth-order valence-electron chi connectivity index (χ4n) is 5.19. The molecule has 0 aliphatic rings. The maximum Gasteiger partial charge on any atom is 0.149 e. The molecule has 2 heterocycles. The van der Waals surface area contributed by atoms with Gasteiger partial charge in [0.15, 0.2) is 0 Å². The molecular formula is C36H25N3O. The van der Waals surface area contributed by atoms with Crippen molar-refractivity contribution in [1.29, 1.82) is 0 Å². The lowest BCUT2D eigenvalue weighted by Crippen LogP contribution is -1.97. The van der Waals surface area contributed by atoms with Gasteiger partial charge in [-0.25, -0.2) is 4.98 Å². The van der Waals surface area contributed by atoms with Crippen molar-refractivity contribution in [3.8, 4) is 56.3 Å². The van der Waals surface area contributed by atoms with Crippen LogP contribution in [0.4, 0.5) is 0 Å². The van der Waals surface area contributed by atoms with Crippen molar-refractivity contribution in [2.24, 2.45) is 0 Å². The number of rotatable bonds is 5. The summed E-state index contributed by atoms with van der Waals surface area (Å²) in [6, 6.07) is 44.2. The van der Waals surface area contributed by atoms with Crippen LogP contribution in [0, 0.1) is 0 Å². The molecular weight excluding hydrogens is 490 g/mol. The molecule has 4 heteroatoms. The zero-order valence-electron chi connectivity index (χ0n) is 22.6. The minimum atomic E-state index is 0.182. The molecule has 0 aliphatic heterocycles. The number of fused-ring (bicyclic) bond motifs is 1. The first-order valence-corrected chi connectivity index (χ1v) is 13.2. The fraction of sp³-hybridized carbons (Fsp3) is 0. The third-order valence-electron chi connectivity index (χ3n) is 7.10. The van der Waals surface area contributed by atoms with Gasteiger partial charge in [0.2, 0.25) is 0 Å². The molecule has 0 bridgehead atoms. The van der Waals surface area contributed by atoms with Gasteiger partial charge in [0.25, 0.3) is 0 Å². The van der Waals surface area contributed by atoms with E-state index in [1.807, 2.05) is 103 Å². The Morgan fingerprint density at radius 1 is 0.600 bits per heavy atom. The Kier molecular flexibility index (Phi) is 5.63. The summed E-state index contributed by atoms with van der Waals surface area (Å²) in [6.07, 6.45) is 1.62. The molecule has 0 unspecified atom stereocenters. The van der Waals surface area contributed by atoms with Crippen molar-refractivity contribution in [2.75, 3.05) is 0 Å². The van der Waals surface area contributed by atoms with Crippen LogP contribution in [0.25, 0.3) is 61.6 Å². The van der Waals surface area contributed by atoms with E-state index in [1.165, 1.54) is 0 Å². The molecule has 1 N–H and O–H groups in total. The Morgan fingerprint density at radius 2 is 1.27 bits per heavy atom. The highest BCUT2D eigenvalue weighted by molar-refractivity contribution is 5.96. The first-order chi connectivity index (χ1) is 20.2. The minimum absolute atomic E-state index is 0.182. The van der Waals surface area contributed by atoms with Gasteiger partial charge in [-0.15, -0.1) is 0 Å². The molecule has 40 heavy (non-hydrogen) atoms. The summed E-state index contributed by atoms with van der Waals surface area (Å²) in [7, 11) is 0. The molecule has 0 saturated heterocycles. The van der Waals surface area contributed by atoms with Crippen molar-refractivity contribution in [2.45, 2.75) is 0 Å². The summed E-state index contributed by atoms with van der Waals surface area (Å²) < 4.78 is 10.5. The number of phenolic OH excluding ortho intramolecular Hbond substituents is 1. The Morgan fingerprint density at radius 3 is 2.10 bits per heavy atom. The number of phenols is 1. The van der Waals surface area contributed by atoms with Crippen LogP contribution in [0.3, 0.4) is 0 Å². The van der Waals surface area contributed by atoms with Crippen molar-refractivity contribution < 1.29 is 6.48 Å². The standard InChI is InChI=1S/C36H25N3O/c40-34-20-8-7-17-31(34)36-38-35-30(18-10-19-33(35)39(36)29-15-5-2-6-16-29)27-13-9-14-28(23-27)32-24-26(21-22-37-32)25-11-3-1-4-12-25/h1-24,40H/i21D. The van der Waals surface area contributed by atoms with E-state index in [0.29, 0.717) is 17.4 Å². The number of nitrogens with zero attached hydrogens (tertiary/aromatic N) is 3. The first kappa shape index (κ1) is 22.5. The number of aromatic nitrogens is 3. The molecule has 0 saturated carbocycles. The molecule has 0 amide bonds. The van der Waals surface area contributed by atoms with E-state index in [2.05, 4.69) is 33.8 Å². The van der Waals surface area contributed by atoms with Gasteiger partial charge >= 0.3 is 0 Å². The summed E-state index contributed by atoms with van der Waals surface area (Å²) in [5.74, 6) is 0.856. The van der Waals surface area contributed by atoms with Gasteiger partial charge in [-0.1, -0.05) is 91.0 Å². The van der Waals surface area contributed by atoms with E-state index in [0.717, 1.165) is 50.2 Å². The Balaban J connectivity index is 1.40. The van der Waals surface area contributed by atoms with Crippen LogP contribution >= 0.6 is 0 Å². The third kappa shape index (κ3) is 4.22. The summed E-state index contributed by atoms with van der Waals surface area (Å²) in [5, 5.41) is 10.8. The van der Waals surface area contributed by atoms with Crippen molar-refractivity contribution in [3.05, 3.63) is 146 Å². The molecule has 0 spiro atoms. The monoisotopic (exact) mass is 516 g/mol. The third-order valence-corrected chi connectivity index (χ3v) is 7.10. The normalized spacial score (nSPS) is 11.4. The number of hydrogen-bond donors (Lipinski definition) is 1. The highest BCUT2D eigenvalue weighted by Gasteiger charge is 2.19. The van der Waals surface area contributed by atoms with Gasteiger partial charge in [-0.3, -0.25) is 9.55 Å². The number of benzene rings is 5. The smallest absolute Gasteiger partial charge is 0.149 e. The van der Waals surface area contributed by atoms with Gasteiger partial charge in [-0.2, -0.15) is 0 Å². The highest BCUT2D eigenvalue weighted by Crippen LogP contribution is 2.38. The molecule has 4 nitrogen and oxygen atoms in total. The van der Waals surface area contributed by atoms with Crippen LogP contribution in [0.15, 0.2) is 146 Å². The fourth-order valence-corrected chi connectivity index (χ4v) is 5.19. The molecule has 190 valence electrons. The van der Waals surface area contributed by atoms with Crippen LogP contribution in [0.1, 0.15) is 1.37 Å². The van der Waals surface area contributed by atoms with Crippen LogP contribution in [-0.2, 0) is 0 Å². The summed E-state index contributed by atoms with van der Waals surface area (Å²) in [4.78, 5) is 9.73. The molecule has 0 radical (unpaired) electrons. The van der Waals surface area contributed by atoms with E-state index >= 15 is 0 Å². The van der Waals surface area contributed by atoms with E-state index < -0.39 is 0 Å². The lowest BCUT2D eigenvalue weighted by atomic mass is 9.99. The Hall–Kier alpha value is -5.48. The second-order valence-corrected chi connectivity index (χ2v) is 9.59. The minimum Gasteiger partial charge on any atom is -0.507 e. The van der Waals surface area contributed by atoms with Crippen LogP contribution in [-0.4, -0.2) is 19.6 Å². The SMILES string of the molecule is [2H]c1cnc(-c2cccc(-c3cccc4c3nc(-c3ccccc3O)n4-c3ccccc3)c2)cc1-c1ccccc1. The molecule has 0 aliphatic carbocycles. The topological polar surface area (TPSA) is 50.9 Å². The molecule has 2 aromatic heterocycles. The van der Waals surface area contributed by atoms with Crippen molar-refractivity contribution in [3.63, 3.8) is 0 Å². The van der Waals surface area contributed by atoms with Gasteiger partial charge < -0.3 is 5.11 Å². The maximum atomic E-state index is 10.8. The molecule has 0 atom stereocenters. The van der Waals surface area contributed by atoms with Gasteiger partial charge in [0.1, 0.15) is 11.6 Å². The summed E-state index contributed by atoms with van der Waals surface area (Å²) in [6.45, 7) is 0. The van der Waals surface area contributed by atoms with Gasteiger partial charge in [0, 0.05) is 23.0 Å². The zero-order valence-corrected chi connectivity index (χ0v) is 21.6. The van der Waals surface area contributed by atoms with Crippen molar-refractivity contribution >= 4 is 11.0 Å². The number of para-hydroxylation sites is 3. The lowest BCUT2D eigenvalue weighted by Gasteiger charge is -2.11. The highest BCUT2D eigenvalue weighted by atomic mass is 16.3. The predicted octanol–water partition coefficient (Wildman–Crippen LogP) is 8.79. The Labute approximate surface area is 233 Å². The van der Waals surface area contributed by atoms with Crippen molar-refractivity contribution in [1.82, 2.24) is 14.5 Å². The maximum absolute atomic E-state index is 10.8. The quantitative estimate of drug-likeness (QED) is 0.249. The second kappa shape index (κ2) is 10.0. The van der Waals surface area contributed by atoms with Gasteiger partial charge in [0.05, 0.1) is 23.7 Å². The summed E-state index contributed by atoms with van der Waals surface area (Å²) in [5.41, 5.74) is 9.00. The molecule has 5 aromatic carbocycles. The summed E-state index contributed by atoms with van der Waals surface area (Å²) >= 11 is 0. The van der Waals surface area contributed by atoms with E-state index in [-0.39, 0.29) is 5.75 Å². The average molecular weight is 517 g/mol. The van der Waals surface area contributed by atoms with Crippen LogP contribution in [0.5, 0.6) is 5.75 Å². The zero-order chi connectivity index (χ0) is 27.8. The predicted molar refractivity (Wildman–Crippen MR) is 162 cm³/mol. The number of pyridine rings is 1. The number of aromatic hydroxyl groups is 1. The van der Waals surface area contributed by atoms with E-state index in [4.69, 9.17) is 6.35 Å². The Bertz CT molecular complexity index is 2020. The molecule has 7 rings (SSSR count). The van der Waals surface area contributed by atoms with Crippen LogP contribution in [0.2, 0.25) is 0 Å². The van der Waals surface area contributed by atoms with Gasteiger partial charge in [-0.05, 0) is 65.2 Å². The van der Waals surface area contributed by atoms with E-state index in [1.54, 1.807) is 12.3 Å². The molecule has 7 aromatic rings. The second-order valence-electron chi connectivity index (χ2n) is 9.59. The van der Waals surface area contributed by atoms with E-state index in [9.17, 15) is 5.11 Å².